The number of hydrogen-bond donors (Lipinski definition) is 0. The molecule has 0 aliphatic carbocycles. The zero-order valence-corrected chi connectivity index (χ0v) is 13.5. The van der Waals surface area contributed by atoms with Gasteiger partial charge >= 0.3 is 5.97 Å². The molecule has 2 rings (SSSR count). The van der Waals surface area contributed by atoms with E-state index in [9.17, 15) is 4.79 Å². The second-order valence-electron chi connectivity index (χ2n) is 6.11. The van der Waals surface area contributed by atoms with Gasteiger partial charge in [0.2, 0.25) is 0 Å². The van der Waals surface area contributed by atoms with Gasteiger partial charge in [-0.15, -0.1) is 11.3 Å². The van der Waals surface area contributed by atoms with Crippen LogP contribution in [0.2, 0.25) is 0 Å². The maximum Gasteiger partial charge on any atom is 0.311 e. The lowest BCUT2D eigenvalue weighted by molar-refractivity contribution is -0.142. The van der Waals surface area contributed by atoms with E-state index in [1.807, 2.05) is 12.3 Å². The summed E-state index contributed by atoms with van der Waals surface area (Å²) in [7, 11) is 0. The maximum atomic E-state index is 11.5. The third-order valence-corrected chi connectivity index (χ3v) is 4.73. The van der Waals surface area contributed by atoms with Gasteiger partial charge in [0.05, 0.1) is 18.7 Å². The van der Waals surface area contributed by atoms with Crippen molar-refractivity contribution in [1.29, 1.82) is 0 Å². The molecule has 0 unspecified atom stereocenters. The number of aromatic nitrogens is 1. The van der Waals surface area contributed by atoms with Crippen LogP contribution in [0.25, 0.3) is 0 Å². The molecule has 112 valence electrons. The largest absolute Gasteiger partial charge is 0.466 e. The van der Waals surface area contributed by atoms with Gasteiger partial charge in [0.1, 0.15) is 0 Å². The van der Waals surface area contributed by atoms with Crippen molar-refractivity contribution in [1.82, 2.24) is 4.98 Å². The first kappa shape index (κ1) is 15.3. The number of esters is 1. The monoisotopic (exact) mass is 296 g/mol. The number of ether oxygens (including phenoxy) is 1. The summed E-state index contributed by atoms with van der Waals surface area (Å²) in [6, 6.07) is 0. The van der Waals surface area contributed by atoms with Crippen LogP contribution in [-0.2, 0) is 16.0 Å². The molecular weight excluding hydrogens is 272 g/mol. The number of carbonyl (C=O) groups excluding carboxylic acids is 1. The number of rotatable bonds is 4. The number of thiazole rings is 1. The van der Waals surface area contributed by atoms with Gasteiger partial charge in [-0.3, -0.25) is 4.79 Å². The number of anilines is 1. The van der Waals surface area contributed by atoms with Gasteiger partial charge in [0.15, 0.2) is 5.13 Å². The zero-order valence-electron chi connectivity index (χ0n) is 12.6. The number of carbonyl (C=O) groups is 1. The molecule has 1 saturated heterocycles. The molecule has 0 saturated carbocycles. The van der Waals surface area contributed by atoms with E-state index in [-0.39, 0.29) is 12.4 Å². The Hall–Kier alpha value is -1.10. The topological polar surface area (TPSA) is 42.4 Å². The van der Waals surface area contributed by atoms with E-state index >= 15 is 0 Å². The first-order valence-electron chi connectivity index (χ1n) is 7.35. The lowest BCUT2D eigenvalue weighted by atomic mass is 9.85. The summed E-state index contributed by atoms with van der Waals surface area (Å²) in [5.41, 5.74) is 1.26. The Morgan fingerprint density at radius 2 is 2.25 bits per heavy atom. The third kappa shape index (κ3) is 4.20. The number of nitrogens with zero attached hydrogens (tertiary/aromatic N) is 2. The Morgan fingerprint density at radius 3 is 3.00 bits per heavy atom. The van der Waals surface area contributed by atoms with Gasteiger partial charge < -0.3 is 9.64 Å². The normalized spacial score (nSPS) is 18.6. The Bertz CT molecular complexity index is 456. The van der Waals surface area contributed by atoms with Crippen LogP contribution >= 0.6 is 11.3 Å². The molecule has 2 heterocycles. The van der Waals surface area contributed by atoms with Crippen LogP contribution in [0.15, 0.2) is 5.38 Å². The Balaban J connectivity index is 1.96. The highest BCUT2D eigenvalue weighted by Crippen LogP contribution is 2.32. The summed E-state index contributed by atoms with van der Waals surface area (Å²) in [4.78, 5) is 18.4. The van der Waals surface area contributed by atoms with E-state index in [0.717, 1.165) is 23.9 Å². The first-order valence-corrected chi connectivity index (χ1v) is 8.23. The molecule has 1 aliphatic rings. The van der Waals surface area contributed by atoms with E-state index < -0.39 is 0 Å². The molecule has 20 heavy (non-hydrogen) atoms. The molecule has 5 heteroatoms. The van der Waals surface area contributed by atoms with Gasteiger partial charge in [0, 0.05) is 18.5 Å². The fraction of sp³-hybridized carbons (Fsp3) is 0.733. The minimum Gasteiger partial charge on any atom is -0.466 e. The molecular formula is C15H24N2O2S. The molecule has 1 aromatic heterocycles. The third-order valence-electron chi connectivity index (χ3n) is 3.78. The smallest absolute Gasteiger partial charge is 0.311 e. The molecule has 0 N–H and O–H groups in total. The molecule has 0 bridgehead atoms. The van der Waals surface area contributed by atoms with E-state index in [1.54, 1.807) is 11.3 Å². The molecule has 0 atom stereocenters. The van der Waals surface area contributed by atoms with E-state index in [1.165, 1.54) is 19.3 Å². The van der Waals surface area contributed by atoms with Crippen LogP contribution in [0.1, 0.15) is 45.7 Å². The summed E-state index contributed by atoms with van der Waals surface area (Å²) < 4.78 is 4.96. The lowest BCUT2D eigenvalue weighted by Gasteiger charge is -2.22. The van der Waals surface area contributed by atoms with Crippen LogP contribution in [0.5, 0.6) is 0 Å². The molecule has 1 aromatic rings. The molecule has 0 amide bonds. The van der Waals surface area contributed by atoms with E-state index in [4.69, 9.17) is 4.74 Å². The Kier molecular flexibility index (Phi) is 5.02. The van der Waals surface area contributed by atoms with Gasteiger partial charge in [-0.25, -0.2) is 4.98 Å². The molecule has 0 aromatic carbocycles. The predicted octanol–water partition coefficient (Wildman–Crippen LogP) is 3.27. The standard InChI is InChI=1S/C15H24N2O2S/c1-4-19-13(18)10-12-11-20-14(16-12)17-8-5-6-15(2,3)7-9-17/h11H,4-10H2,1-3H3. The Morgan fingerprint density at radius 1 is 1.45 bits per heavy atom. The van der Waals surface area contributed by atoms with Crippen molar-refractivity contribution in [2.75, 3.05) is 24.6 Å². The quantitative estimate of drug-likeness (QED) is 0.800. The van der Waals surface area contributed by atoms with Gasteiger partial charge in [-0.05, 0) is 31.6 Å². The molecule has 1 fully saturated rings. The van der Waals surface area contributed by atoms with Crippen LogP contribution in [0.4, 0.5) is 5.13 Å². The van der Waals surface area contributed by atoms with Crippen LogP contribution in [-0.4, -0.2) is 30.6 Å². The molecule has 1 aliphatic heterocycles. The van der Waals surface area contributed by atoms with Crippen molar-refractivity contribution < 1.29 is 9.53 Å². The average molecular weight is 296 g/mol. The van der Waals surface area contributed by atoms with Crippen molar-refractivity contribution in [3.05, 3.63) is 11.1 Å². The second kappa shape index (κ2) is 6.57. The van der Waals surface area contributed by atoms with Crippen molar-refractivity contribution >= 4 is 22.4 Å². The fourth-order valence-corrected chi connectivity index (χ4v) is 3.38. The summed E-state index contributed by atoms with van der Waals surface area (Å²) in [6.45, 7) is 9.05. The lowest BCUT2D eigenvalue weighted by Crippen LogP contribution is -2.24. The van der Waals surface area contributed by atoms with Crippen molar-refractivity contribution in [3.8, 4) is 0 Å². The van der Waals surface area contributed by atoms with Crippen LogP contribution < -0.4 is 4.90 Å². The maximum absolute atomic E-state index is 11.5. The van der Waals surface area contributed by atoms with Crippen LogP contribution in [0, 0.1) is 5.41 Å². The minimum absolute atomic E-state index is 0.193. The van der Waals surface area contributed by atoms with E-state index in [2.05, 4.69) is 23.7 Å². The molecule has 0 radical (unpaired) electrons. The summed E-state index contributed by atoms with van der Waals surface area (Å²) in [6.07, 6.45) is 3.95. The molecule has 4 nitrogen and oxygen atoms in total. The highest BCUT2D eigenvalue weighted by molar-refractivity contribution is 7.13. The summed E-state index contributed by atoms with van der Waals surface area (Å²) >= 11 is 1.63. The van der Waals surface area contributed by atoms with Gasteiger partial charge in [-0.2, -0.15) is 0 Å². The van der Waals surface area contributed by atoms with Crippen molar-refractivity contribution in [2.24, 2.45) is 5.41 Å². The van der Waals surface area contributed by atoms with Gasteiger partial charge in [0.25, 0.3) is 0 Å². The fourth-order valence-electron chi connectivity index (χ4n) is 2.50. The van der Waals surface area contributed by atoms with E-state index in [0.29, 0.717) is 12.0 Å². The second-order valence-corrected chi connectivity index (χ2v) is 6.94. The highest BCUT2D eigenvalue weighted by atomic mass is 32.1. The van der Waals surface area contributed by atoms with Crippen LogP contribution in [0.3, 0.4) is 0 Å². The predicted molar refractivity (Wildman–Crippen MR) is 82.3 cm³/mol. The minimum atomic E-state index is -0.193. The Labute approximate surface area is 125 Å². The zero-order chi connectivity index (χ0) is 14.6. The van der Waals surface area contributed by atoms with Crippen molar-refractivity contribution in [3.63, 3.8) is 0 Å². The molecule has 0 spiro atoms. The summed E-state index contributed by atoms with van der Waals surface area (Å²) in [5, 5.41) is 3.02. The van der Waals surface area contributed by atoms with Gasteiger partial charge in [-0.1, -0.05) is 13.8 Å². The SMILES string of the molecule is CCOC(=O)Cc1csc(N2CCCC(C)(C)CC2)n1. The highest BCUT2D eigenvalue weighted by Gasteiger charge is 2.24. The average Bonchev–Trinajstić information content (AvgIpc) is 2.74. The van der Waals surface area contributed by atoms with Crippen molar-refractivity contribution in [2.45, 2.75) is 46.5 Å². The summed E-state index contributed by atoms with van der Waals surface area (Å²) in [5.74, 6) is -0.193. The number of hydrogen-bond acceptors (Lipinski definition) is 5. The first-order chi connectivity index (χ1) is 9.50.